The number of hydrogen-bond donors (Lipinski definition) is 2. The number of benzene rings is 3. The van der Waals surface area contributed by atoms with Crippen LogP contribution in [0.5, 0.6) is 5.75 Å². The summed E-state index contributed by atoms with van der Waals surface area (Å²) in [6, 6.07) is 22.9. The van der Waals surface area contributed by atoms with E-state index in [2.05, 4.69) is 15.6 Å². The molecule has 180 valence electrons. The number of thiazole rings is 1. The summed E-state index contributed by atoms with van der Waals surface area (Å²) < 4.78 is 8.00. The van der Waals surface area contributed by atoms with E-state index in [0.29, 0.717) is 34.4 Å². The first-order valence-electron chi connectivity index (χ1n) is 11.2. The fraction of sp³-hybridized carbons (Fsp3) is 0.111. The molecule has 2 heterocycles. The van der Waals surface area contributed by atoms with Gasteiger partial charge in [-0.15, -0.1) is 0 Å². The van der Waals surface area contributed by atoms with Crippen LogP contribution in [0.15, 0.2) is 79.0 Å². The molecule has 0 spiro atoms. The van der Waals surface area contributed by atoms with Gasteiger partial charge in [0.2, 0.25) is 5.91 Å². The van der Waals surface area contributed by atoms with Gasteiger partial charge in [-0.3, -0.25) is 14.3 Å². The molecule has 8 nitrogen and oxygen atoms in total. The van der Waals surface area contributed by atoms with Crippen LogP contribution in [0, 0.1) is 0 Å². The average Bonchev–Trinajstić information content (AvgIpc) is 3.47. The van der Waals surface area contributed by atoms with E-state index in [-0.39, 0.29) is 11.8 Å². The molecular formula is C27H23N5O3S. The zero-order chi connectivity index (χ0) is 25.1. The number of carbonyl (C=O) groups is 2. The highest BCUT2D eigenvalue weighted by Gasteiger charge is 2.19. The lowest BCUT2D eigenvalue weighted by Crippen LogP contribution is -2.12. The standard InChI is InChI=1S/C27H23N5O3S/c1-17(33)28-27-30-23-12-11-20(14-24(23)36-27)29-26(34)22-16-32(15-18-7-4-3-5-8-18)31-25(22)19-9-6-10-21(13-19)35-2/h3-14,16H,15H2,1-2H3,(H,29,34)(H,28,30,33). The Morgan fingerprint density at radius 2 is 1.83 bits per heavy atom. The maximum absolute atomic E-state index is 13.5. The van der Waals surface area contributed by atoms with Crippen molar-refractivity contribution in [3.05, 3.63) is 90.1 Å². The van der Waals surface area contributed by atoms with E-state index >= 15 is 0 Å². The van der Waals surface area contributed by atoms with Crippen molar-refractivity contribution in [3.8, 4) is 17.0 Å². The second-order valence-corrected chi connectivity index (χ2v) is 9.17. The number of aromatic nitrogens is 3. The van der Waals surface area contributed by atoms with Gasteiger partial charge in [-0.25, -0.2) is 4.98 Å². The molecule has 0 saturated heterocycles. The predicted molar refractivity (Wildman–Crippen MR) is 142 cm³/mol. The Hall–Kier alpha value is -4.50. The van der Waals surface area contributed by atoms with Gasteiger partial charge in [0.1, 0.15) is 11.4 Å². The third kappa shape index (κ3) is 5.11. The molecule has 0 bridgehead atoms. The van der Waals surface area contributed by atoms with Gasteiger partial charge < -0.3 is 15.4 Å². The van der Waals surface area contributed by atoms with Crippen LogP contribution in [0.2, 0.25) is 0 Å². The van der Waals surface area contributed by atoms with Crippen LogP contribution < -0.4 is 15.4 Å². The molecule has 5 aromatic rings. The summed E-state index contributed by atoms with van der Waals surface area (Å²) in [4.78, 5) is 29.2. The molecule has 0 radical (unpaired) electrons. The molecule has 0 aliphatic rings. The summed E-state index contributed by atoms with van der Waals surface area (Å²) in [7, 11) is 1.60. The summed E-state index contributed by atoms with van der Waals surface area (Å²) in [6.07, 6.45) is 1.76. The number of anilines is 2. The molecule has 0 unspecified atom stereocenters. The van der Waals surface area contributed by atoms with Crippen molar-refractivity contribution >= 4 is 44.2 Å². The smallest absolute Gasteiger partial charge is 0.259 e. The molecule has 2 amide bonds. The third-order valence-electron chi connectivity index (χ3n) is 5.47. The number of fused-ring (bicyclic) bond motifs is 1. The van der Waals surface area contributed by atoms with Crippen LogP contribution >= 0.6 is 11.3 Å². The monoisotopic (exact) mass is 497 g/mol. The van der Waals surface area contributed by atoms with E-state index in [1.54, 1.807) is 24.1 Å². The van der Waals surface area contributed by atoms with E-state index in [0.717, 1.165) is 21.3 Å². The average molecular weight is 498 g/mol. The Morgan fingerprint density at radius 3 is 2.61 bits per heavy atom. The van der Waals surface area contributed by atoms with Crippen molar-refractivity contribution < 1.29 is 14.3 Å². The lowest BCUT2D eigenvalue weighted by atomic mass is 10.1. The normalized spacial score (nSPS) is 10.8. The highest BCUT2D eigenvalue weighted by molar-refractivity contribution is 7.22. The Labute approximate surface area is 211 Å². The van der Waals surface area contributed by atoms with E-state index in [1.165, 1.54) is 18.3 Å². The second kappa shape index (κ2) is 10.0. The van der Waals surface area contributed by atoms with Gasteiger partial charge in [0.15, 0.2) is 5.13 Å². The first-order valence-corrected chi connectivity index (χ1v) is 12.1. The minimum Gasteiger partial charge on any atom is -0.497 e. The minimum atomic E-state index is -0.280. The van der Waals surface area contributed by atoms with Gasteiger partial charge in [-0.1, -0.05) is 53.8 Å². The summed E-state index contributed by atoms with van der Waals surface area (Å²) in [5.41, 5.74) is 4.24. The first kappa shape index (κ1) is 23.3. The van der Waals surface area contributed by atoms with Crippen LogP contribution in [0.25, 0.3) is 21.5 Å². The number of hydrogen-bond acceptors (Lipinski definition) is 6. The van der Waals surface area contributed by atoms with Crippen molar-refractivity contribution in [2.75, 3.05) is 17.7 Å². The molecule has 0 atom stereocenters. The largest absolute Gasteiger partial charge is 0.497 e. The van der Waals surface area contributed by atoms with Gasteiger partial charge in [0, 0.05) is 24.4 Å². The number of nitrogens with one attached hydrogen (secondary N) is 2. The van der Waals surface area contributed by atoms with E-state index in [1.807, 2.05) is 66.7 Å². The summed E-state index contributed by atoms with van der Waals surface area (Å²) >= 11 is 1.35. The fourth-order valence-corrected chi connectivity index (χ4v) is 4.78. The zero-order valence-corrected chi connectivity index (χ0v) is 20.5. The Morgan fingerprint density at radius 1 is 1.00 bits per heavy atom. The lowest BCUT2D eigenvalue weighted by molar-refractivity contribution is -0.114. The molecular weight excluding hydrogens is 474 g/mol. The molecule has 0 aliphatic carbocycles. The maximum Gasteiger partial charge on any atom is 0.259 e. The van der Waals surface area contributed by atoms with Gasteiger partial charge >= 0.3 is 0 Å². The molecule has 5 rings (SSSR count). The van der Waals surface area contributed by atoms with Crippen LogP contribution in [0.3, 0.4) is 0 Å². The Balaban J connectivity index is 1.47. The minimum absolute atomic E-state index is 0.180. The van der Waals surface area contributed by atoms with Crippen molar-refractivity contribution in [1.82, 2.24) is 14.8 Å². The topological polar surface area (TPSA) is 98.1 Å². The van der Waals surface area contributed by atoms with Crippen molar-refractivity contribution in [1.29, 1.82) is 0 Å². The number of ether oxygens (including phenoxy) is 1. The third-order valence-corrected chi connectivity index (χ3v) is 6.40. The first-order chi connectivity index (χ1) is 17.5. The van der Waals surface area contributed by atoms with Crippen LogP contribution in [-0.2, 0) is 11.3 Å². The molecule has 0 aliphatic heterocycles. The van der Waals surface area contributed by atoms with Gasteiger partial charge in [0.05, 0.1) is 29.4 Å². The quantitative estimate of drug-likeness (QED) is 0.313. The maximum atomic E-state index is 13.5. The number of methoxy groups -OCH3 is 1. The molecule has 9 heteroatoms. The predicted octanol–water partition coefficient (Wildman–Crippen LogP) is 5.43. The highest BCUT2D eigenvalue weighted by Crippen LogP contribution is 2.30. The zero-order valence-electron chi connectivity index (χ0n) is 19.7. The molecule has 2 N–H and O–H groups in total. The highest BCUT2D eigenvalue weighted by atomic mass is 32.1. The van der Waals surface area contributed by atoms with E-state index < -0.39 is 0 Å². The van der Waals surface area contributed by atoms with Gasteiger partial charge in [-0.05, 0) is 35.9 Å². The second-order valence-electron chi connectivity index (χ2n) is 8.14. The Bertz CT molecular complexity index is 1560. The molecule has 3 aromatic carbocycles. The van der Waals surface area contributed by atoms with Crippen molar-refractivity contribution in [2.24, 2.45) is 0 Å². The van der Waals surface area contributed by atoms with Crippen molar-refractivity contribution in [3.63, 3.8) is 0 Å². The number of nitrogens with zero attached hydrogens (tertiary/aromatic N) is 3. The van der Waals surface area contributed by atoms with Gasteiger partial charge in [0.25, 0.3) is 5.91 Å². The Kier molecular flexibility index (Phi) is 6.46. The SMILES string of the molecule is COc1cccc(-c2nn(Cc3ccccc3)cc2C(=O)Nc2ccc3nc(NC(C)=O)sc3c2)c1. The van der Waals surface area contributed by atoms with E-state index in [4.69, 9.17) is 9.84 Å². The molecule has 0 saturated carbocycles. The summed E-state index contributed by atoms with van der Waals surface area (Å²) in [5.74, 6) is 0.223. The van der Waals surface area contributed by atoms with Crippen LogP contribution in [0.4, 0.5) is 10.8 Å². The van der Waals surface area contributed by atoms with Gasteiger partial charge in [-0.2, -0.15) is 5.10 Å². The number of rotatable bonds is 7. The number of carbonyl (C=O) groups excluding carboxylic acids is 2. The van der Waals surface area contributed by atoms with Crippen molar-refractivity contribution in [2.45, 2.75) is 13.5 Å². The lowest BCUT2D eigenvalue weighted by Gasteiger charge is -2.06. The molecule has 0 fully saturated rings. The summed E-state index contributed by atoms with van der Waals surface area (Å²) in [5, 5.41) is 10.9. The van der Waals surface area contributed by atoms with Crippen LogP contribution in [-0.4, -0.2) is 33.7 Å². The molecule has 36 heavy (non-hydrogen) atoms. The van der Waals surface area contributed by atoms with E-state index in [9.17, 15) is 9.59 Å². The van der Waals surface area contributed by atoms with Crippen LogP contribution in [0.1, 0.15) is 22.8 Å². The molecule has 2 aromatic heterocycles. The summed E-state index contributed by atoms with van der Waals surface area (Å²) in [6.45, 7) is 1.97. The fourth-order valence-electron chi connectivity index (χ4n) is 3.83. The number of amides is 2.